The molecule has 0 bridgehead atoms. The Bertz CT molecular complexity index is 1370. The smallest absolute Gasteiger partial charge is 0.306 e. The summed E-state index contributed by atoms with van der Waals surface area (Å²) in [6.45, 7) is 14.2. The maximum Gasteiger partial charge on any atom is 0.326 e. The van der Waals surface area contributed by atoms with Gasteiger partial charge in [0.2, 0.25) is 0 Å². The van der Waals surface area contributed by atoms with E-state index in [1.165, 1.54) is 6.42 Å². The molecule has 1 N–H and O–H groups in total. The van der Waals surface area contributed by atoms with Crippen LogP contribution < -0.4 is 5.69 Å². The van der Waals surface area contributed by atoms with Crippen molar-refractivity contribution in [2.45, 2.75) is 59.9 Å². The maximum atomic E-state index is 13.1. The lowest BCUT2D eigenvalue weighted by atomic mass is 9.91. The third-order valence-corrected chi connectivity index (χ3v) is 6.96. The normalized spacial score (nSPS) is 17.9. The van der Waals surface area contributed by atoms with Gasteiger partial charge in [0, 0.05) is 18.3 Å². The molecular formula is C26H34N6O. The van der Waals surface area contributed by atoms with Gasteiger partial charge in [0.05, 0.1) is 17.1 Å². The fraction of sp³-hybridized carbons (Fsp3) is 0.500. The van der Waals surface area contributed by atoms with Gasteiger partial charge in [-0.1, -0.05) is 20.8 Å². The first kappa shape index (κ1) is 21.9. The fourth-order valence-electron chi connectivity index (χ4n) is 5.13. The summed E-state index contributed by atoms with van der Waals surface area (Å²) in [5.41, 5.74) is 7.48. The number of rotatable bonds is 4. The van der Waals surface area contributed by atoms with Gasteiger partial charge in [-0.3, -0.25) is 4.57 Å². The first-order valence-electron chi connectivity index (χ1n) is 12.0. The van der Waals surface area contributed by atoms with Crippen LogP contribution in [0.3, 0.4) is 0 Å². The second-order valence-corrected chi connectivity index (χ2v) is 10.8. The number of aryl methyl sites for hydroxylation is 2. The second kappa shape index (κ2) is 8.13. The zero-order chi connectivity index (χ0) is 23.3. The minimum Gasteiger partial charge on any atom is -0.306 e. The number of hydrogen-bond donors (Lipinski definition) is 1. The van der Waals surface area contributed by atoms with Crippen molar-refractivity contribution < 1.29 is 0 Å². The first-order chi connectivity index (χ1) is 15.7. The zero-order valence-corrected chi connectivity index (χ0v) is 20.4. The van der Waals surface area contributed by atoms with Gasteiger partial charge in [-0.25, -0.2) is 14.3 Å². The lowest BCUT2D eigenvalue weighted by molar-refractivity contribution is 0.157. The van der Waals surface area contributed by atoms with Gasteiger partial charge >= 0.3 is 5.69 Å². The van der Waals surface area contributed by atoms with Gasteiger partial charge < -0.3 is 9.88 Å². The van der Waals surface area contributed by atoms with Crippen LogP contribution in [-0.4, -0.2) is 48.7 Å². The Morgan fingerprint density at radius 3 is 2.76 bits per heavy atom. The molecule has 4 heterocycles. The van der Waals surface area contributed by atoms with Crippen molar-refractivity contribution in [1.82, 2.24) is 29.0 Å². The van der Waals surface area contributed by atoms with Gasteiger partial charge in [0.15, 0.2) is 5.65 Å². The van der Waals surface area contributed by atoms with E-state index < -0.39 is 0 Å². The molecule has 3 aromatic heterocycles. The molecule has 0 aliphatic carbocycles. The number of H-pyrrole nitrogens is 1. The number of aromatic amines is 1. The minimum absolute atomic E-state index is 0.00729. The predicted octanol–water partition coefficient (Wildman–Crippen LogP) is 4.73. The van der Waals surface area contributed by atoms with Crippen LogP contribution >= 0.6 is 0 Å². The summed E-state index contributed by atoms with van der Waals surface area (Å²) in [4.78, 5) is 23.1. The summed E-state index contributed by atoms with van der Waals surface area (Å²) in [6.07, 6.45) is 6.92. The maximum absolute atomic E-state index is 13.1. The molecule has 5 rings (SSSR count). The summed E-state index contributed by atoms with van der Waals surface area (Å²) in [7, 11) is 0. The van der Waals surface area contributed by atoms with Crippen molar-refractivity contribution in [3.05, 3.63) is 52.3 Å². The summed E-state index contributed by atoms with van der Waals surface area (Å²) < 4.78 is 3.82. The minimum atomic E-state index is -0.00729. The van der Waals surface area contributed by atoms with Gasteiger partial charge in [-0.2, -0.15) is 5.10 Å². The predicted molar refractivity (Wildman–Crippen MR) is 133 cm³/mol. The number of nitrogens with zero attached hydrogens (tertiary/aromatic N) is 5. The highest BCUT2D eigenvalue weighted by molar-refractivity contribution is 5.84. The van der Waals surface area contributed by atoms with E-state index in [-0.39, 0.29) is 11.7 Å². The van der Waals surface area contributed by atoms with Gasteiger partial charge in [-0.15, -0.1) is 0 Å². The van der Waals surface area contributed by atoms with Gasteiger partial charge in [-0.05, 0) is 86.5 Å². The van der Waals surface area contributed by atoms with E-state index in [1.54, 1.807) is 6.33 Å². The van der Waals surface area contributed by atoms with Crippen LogP contribution in [0.2, 0.25) is 0 Å². The van der Waals surface area contributed by atoms with Crippen molar-refractivity contribution in [3.63, 3.8) is 0 Å². The van der Waals surface area contributed by atoms with Crippen LogP contribution in [0.5, 0.6) is 0 Å². The third-order valence-electron chi connectivity index (χ3n) is 6.96. The molecule has 4 aromatic rings. The van der Waals surface area contributed by atoms with Gasteiger partial charge in [0.25, 0.3) is 0 Å². The average molecular weight is 447 g/mol. The largest absolute Gasteiger partial charge is 0.326 e. The van der Waals surface area contributed by atoms with Crippen LogP contribution in [-0.2, 0) is 0 Å². The molecule has 1 aromatic carbocycles. The number of pyridine rings is 1. The number of piperidine rings is 1. The molecule has 1 aliphatic heterocycles. The number of likely N-dealkylation sites (tertiary alicyclic amines) is 1. The molecule has 1 atom stereocenters. The highest BCUT2D eigenvalue weighted by Crippen LogP contribution is 2.31. The number of hydrogen-bond acceptors (Lipinski definition) is 4. The molecule has 1 aliphatic rings. The Morgan fingerprint density at radius 2 is 1.97 bits per heavy atom. The standard InChI is InChI=1S/C26H34N6O/c1-17-12-23-22(13-21(17)19-11-18(2)24-27-16-28-31(24)14-19)29-25(33)32(23)20-7-6-9-30(15-20)10-8-26(3,4)5/h11-14,16,20H,6-10,15H2,1-5H3,(H,29,33)/t20-/m1/s1. The number of imidazole rings is 1. The first-order valence-corrected chi connectivity index (χ1v) is 12.0. The molecule has 1 fully saturated rings. The number of aromatic nitrogens is 5. The van der Waals surface area contributed by atoms with E-state index in [0.717, 1.165) is 71.4 Å². The Hall–Kier alpha value is -2.93. The highest BCUT2D eigenvalue weighted by atomic mass is 16.1. The van der Waals surface area contributed by atoms with Crippen molar-refractivity contribution in [1.29, 1.82) is 0 Å². The lowest BCUT2D eigenvalue weighted by Crippen LogP contribution is -2.40. The summed E-state index contributed by atoms with van der Waals surface area (Å²) in [6, 6.07) is 6.62. The van der Waals surface area contributed by atoms with E-state index in [9.17, 15) is 4.79 Å². The van der Waals surface area contributed by atoms with E-state index in [4.69, 9.17) is 0 Å². The van der Waals surface area contributed by atoms with Crippen LogP contribution in [0.25, 0.3) is 27.8 Å². The Balaban J connectivity index is 1.49. The molecule has 0 saturated carbocycles. The van der Waals surface area contributed by atoms with E-state index >= 15 is 0 Å². The molecule has 7 nitrogen and oxygen atoms in total. The molecule has 33 heavy (non-hydrogen) atoms. The molecule has 0 radical (unpaired) electrons. The van der Waals surface area contributed by atoms with Crippen molar-refractivity contribution >= 4 is 16.7 Å². The molecule has 0 amide bonds. The molecular weight excluding hydrogens is 412 g/mol. The molecule has 7 heteroatoms. The van der Waals surface area contributed by atoms with Crippen LogP contribution in [0.15, 0.2) is 35.5 Å². The van der Waals surface area contributed by atoms with Crippen molar-refractivity contribution in [3.8, 4) is 11.1 Å². The Labute approximate surface area is 194 Å². The molecule has 1 saturated heterocycles. The summed E-state index contributed by atoms with van der Waals surface area (Å²) >= 11 is 0. The van der Waals surface area contributed by atoms with Gasteiger partial charge in [0.1, 0.15) is 6.33 Å². The second-order valence-electron chi connectivity index (χ2n) is 10.8. The van der Waals surface area contributed by atoms with Crippen LogP contribution in [0.4, 0.5) is 0 Å². The topological polar surface area (TPSA) is 71.2 Å². The Morgan fingerprint density at radius 1 is 1.15 bits per heavy atom. The molecule has 174 valence electrons. The molecule has 0 unspecified atom stereocenters. The van der Waals surface area contributed by atoms with Crippen LogP contribution in [0, 0.1) is 19.3 Å². The Kier molecular flexibility index (Phi) is 5.40. The van der Waals surface area contributed by atoms with Crippen molar-refractivity contribution in [2.75, 3.05) is 19.6 Å². The summed E-state index contributed by atoms with van der Waals surface area (Å²) in [5.74, 6) is 0. The molecule has 0 spiro atoms. The van der Waals surface area contributed by atoms with Crippen molar-refractivity contribution in [2.24, 2.45) is 5.41 Å². The zero-order valence-electron chi connectivity index (χ0n) is 20.4. The third kappa shape index (κ3) is 4.22. The SMILES string of the molecule is Cc1cc2c(cc1-c1cc(C)c3ncnn3c1)[nH]c(=O)n2[C@@H]1CCCN(CCC(C)(C)C)C1. The highest BCUT2D eigenvalue weighted by Gasteiger charge is 2.25. The average Bonchev–Trinajstić information content (AvgIpc) is 3.35. The number of nitrogens with one attached hydrogen (secondary N) is 1. The fourth-order valence-corrected chi connectivity index (χ4v) is 5.13. The quantitative estimate of drug-likeness (QED) is 0.492. The summed E-state index contributed by atoms with van der Waals surface area (Å²) in [5, 5.41) is 4.31. The van der Waals surface area contributed by atoms with Crippen LogP contribution in [0.1, 0.15) is 57.2 Å². The van der Waals surface area contributed by atoms with E-state index in [1.807, 2.05) is 22.2 Å². The number of fused-ring (bicyclic) bond motifs is 2. The lowest BCUT2D eigenvalue weighted by Gasteiger charge is -2.34. The monoisotopic (exact) mass is 446 g/mol. The number of benzene rings is 1. The van der Waals surface area contributed by atoms with E-state index in [0.29, 0.717) is 5.41 Å². The van der Waals surface area contributed by atoms with E-state index in [2.05, 4.69) is 65.9 Å².